The van der Waals surface area contributed by atoms with E-state index in [1.165, 1.54) is 12.0 Å². The maximum atomic E-state index is 11.8. The summed E-state index contributed by atoms with van der Waals surface area (Å²) in [5, 5.41) is 3.29. The lowest BCUT2D eigenvalue weighted by Crippen LogP contribution is -2.51. The van der Waals surface area contributed by atoms with E-state index in [1.54, 1.807) is 0 Å². The van der Waals surface area contributed by atoms with Gasteiger partial charge in [-0.15, -0.1) is 12.4 Å². The summed E-state index contributed by atoms with van der Waals surface area (Å²) in [6.45, 7) is 4.81. The molecule has 0 unspecified atom stereocenters. The molecule has 2 fully saturated rings. The van der Waals surface area contributed by atoms with Crippen LogP contribution in [0, 0.1) is 0 Å². The highest BCUT2D eigenvalue weighted by atomic mass is 35.5. The van der Waals surface area contributed by atoms with Gasteiger partial charge >= 0.3 is 0 Å². The van der Waals surface area contributed by atoms with Gasteiger partial charge in [0.05, 0.1) is 0 Å². The zero-order chi connectivity index (χ0) is 9.97. The van der Waals surface area contributed by atoms with Crippen LogP contribution in [0.1, 0.15) is 26.2 Å². The molecule has 0 aromatic rings. The van der Waals surface area contributed by atoms with Crippen molar-refractivity contribution in [1.29, 1.82) is 0 Å². The Labute approximate surface area is 97.3 Å². The number of hydrogen-bond acceptors (Lipinski definition) is 2. The molecule has 0 bridgehead atoms. The zero-order valence-corrected chi connectivity index (χ0v) is 9.98. The van der Waals surface area contributed by atoms with E-state index < -0.39 is 0 Å². The minimum Gasteiger partial charge on any atom is -0.334 e. The summed E-state index contributed by atoms with van der Waals surface area (Å²) in [4.78, 5) is 13.8. The van der Waals surface area contributed by atoms with Gasteiger partial charge < -0.3 is 10.2 Å². The summed E-state index contributed by atoms with van der Waals surface area (Å²) >= 11 is 0. The molecule has 1 amide bonds. The van der Waals surface area contributed by atoms with Gasteiger partial charge in [0.15, 0.2) is 0 Å². The number of piperazine rings is 1. The second kappa shape index (κ2) is 5.52. The van der Waals surface area contributed by atoms with Crippen LogP contribution in [0.4, 0.5) is 0 Å². The highest BCUT2D eigenvalue weighted by molar-refractivity contribution is 5.88. The summed E-state index contributed by atoms with van der Waals surface area (Å²) in [5.41, 5.74) is 1.33. The van der Waals surface area contributed by atoms with E-state index in [0.29, 0.717) is 6.04 Å². The average molecular weight is 231 g/mol. The van der Waals surface area contributed by atoms with Crippen LogP contribution in [-0.4, -0.2) is 36.5 Å². The number of hydrogen-bond donors (Lipinski definition) is 1. The number of allylic oxidation sites excluding steroid dienone is 1. The SMILES string of the molecule is C[C@@H]1CNCCN1C(=O)C=C1CCC1.Cl. The normalized spacial score (nSPS) is 25.3. The Morgan fingerprint density at radius 3 is 2.80 bits per heavy atom. The van der Waals surface area contributed by atoms with Gasteiger partial charge in [-0.3, -0.25) is 4.79 Å². The fourth-order valence-corrected chi connectivity index (χ4v) is 1.95. The van der Waals surface area contributed by atoms with Gasteiger partial charge in [-0.25, -0.2) is 0 Å². The first-order valence-corrected chi connectivity index (χ1v) is 5.48. The molecule has 1 heterocycles. The average Bonchev–Trinajstić information content (AvgIpc) is 2.12. The van der Waals surface area contributed by atoms with Crippen LogP contribution >= 0.6 is 12.4 Å². The van der Waals surface area contributed by atoms with Crippen molar-refractivity contribution >= 4 is 18.3 Å². The number of carbonyl (C=O) groups excluding carboxylic acids is 1. The molecule has 1 saturated heterocycles. The van der Waals surface area contributed by atoms with Gasteiger partial charge in [-0.1, -0.05) is 5.57 Å². The lowest BCUT2D eigenvalue weighted by molar-refractivity contribution is -0.128. The maximum absolute atomic E-state index is 11.8. The summed E-state index contributed by atoms with van der Waals surface area (Å²) in [7, 11) is 0. The van der Waals surface area contributed by atoms with Crippen LogP contribution in [0.25, 0.3) is 0 Å². The van der Waals surface area contributed by atoms with Gasteiger partial charge in [0.2, 0.25) is 5.91 Å². The molecule has 1 aliphatic heterocycles. The van der Waals surface area contributed by atoms with Gasteiger partial charge in [0, 0.05) is 31.8 Å². The van der Waals surface area contributed by atoms with Gasteiger partial charge in [-0.2, -0.15) is 0 Å². The Morgan fingerprint density at radius 2 is 2.27 bits per heavy atom. The number of carbonyl (C=O) groups is 1. The molecule has 2 aliphatic rings. The Hall–Kier alpha value is -0.540. The van der Waals surface area contributed by atoms with Crippen molar-refractivity contribution in [1.82, 2.24) is 10.2 Å². The molecular weight excluding hydrogens is 212 g/mol. The molecule has 86 valence electrons. The molecule has 0 aromatic carbocycles. The topological polar surface area (TPSA) is 32.3 Å². The largest absolute Gasteiger partial charge is 0.334 e. The third-order valence-corrected chi connectivity index (χ3v) is 3.11. The molecule has 1 saturated carbocycles. The van der Waals surface area contributed by atoms with Crippen molar-refractivity contribution in [2.45, 2.75) is 32.2 Å². The predicted octanol–water partition coefficient (Wildman–Crippen LogP) is 1.34. The van der Waals surface area contributed by atoms with E-state index in [-0.39, 0.29) is 18.3 Å². The van der Waals surface area contributed by atoms with E-state index >= 15 is 0 Å². The van der Waals surface area contributed by atoms with Crippen molar-refractivity contribution in [2.24, 2.45) is 0 Å². The minimum atomic E-state index is 0. The molecule has 0 aromatic heterocycles. The molecule has 1 aliphatic carbocycles. The molecule has 0 radical (unpaired) electrons. The summed E-state index contributed by atoms with van der Waals surface area (Å²) in [5.74, 6) is 0.216. The van der Waals surface area contributed by atoms with Gasteiger partial charge in [0.25, 0.3) is 0 Å². The third kappa shape index (κ3) is 2.95. The predicted molar refractivity (Wildman–Crippen MR) is 63.2 cm³/mol. The Balaban J connectivity index is 0.00000112. The summed E-state index contributed by atoms with van der Waals surface area (Å²) < 4.78 is 0. The molecule has 15 heavy (non-hydrogen) atoms. The monoisotopic (exact) mass is 230 g/mol. The smallest absolute Gasteiger partial charge is 0.246 e. The Kier molecular flexibility index (Phi) is 4.61. The lowest BCUT2D eigenvalue weighted by atomic mass is 9.92. The highest BCUT2D eigenvalue weighted by Gasteiger charge is 2.22. The first kappa shape index (κ1) is 12.5. The fraction of sp³-hybridized carbons (Fsp3) is 0.727. The second-order valence-electron chi connectivity index (χ2n) is 4.24. The number of nitrogens with one attached hydrogen (secondary N) is 1. The molecule has 2 rings (SSSR count). The molecule has 1 atom stereocenters. The number of amides is 1. The van der Waals surface area contributed by atoms with Crippen LogP contribution in [0.3, 0.4) is 0 Å². The first-order chi connectivity index (χ1) is 6.77. The minimum absolute atomic E-state index is 0. The van der Waals surface area contributed by atoms with Crippen LogP contribution in [0.15, 0.2) is 11.6 Å². The van der Waals surface area contributed by atoms with Crippen LogP contribution in [0.2, 0.25) is 0 Å². The highest BCUT2D eigenvalue weighted by Crippen LogP contribution is 2.25. The van der Waals surface area contributed by atoms with Crippen LogP contribution in [0.5, 0.6) is 0 Å². The van der Waals surface area contributed by atoms with E-state index in [0.717, 1.165) is 32.5 Å². The van der Waals surface area contributed by atoms with E-state index in [4.69, 9.17) is 0 Å². The van der Waals surface area contributed by atoms with Crippen LogP contribution in [-0.2, 0) is 4.79 Å². The summed E-state index contributed by atoms with van der Waals surface area (Å²) in [6.07, 6.45) is 5.37. The lowest BCUT2D eigenvalue weighted by Gasteiger charge is -2.33. The van der Waals surface area contributed by atoms with E-state index in [9.17, 15) is 4.79 Å². The fourth-order valence-electron chi connectivity index (χ4n) is 1.95. The zero-order valence-electron chi connectivity index (χ0n) is 9.16. The quantitative estimate of drug-likeness (QED) is 0.690. The number of nitrogens with zero attached hydrogens (tertiary/aromatic N) is 1. The first-order valence-electron chi connectivity index (χ1n) is 5.48. The van der Waals surface area contributed by atoms with E-state index in [2.05, 4.69) is 12.2 Å². The summed E-state index contributed by atoms with van der Waals surface area (Å²) in [6, 6.07) is 0.341. The Morgan fingerprint density at radius 1 is 1.53 bits per heavy atom. The van der Waals surface area contributed by atoms with Crippen molar-refractivity contribution in [3.8, 4) is 0 Å². The van der Waals surface area contributed by atoms with Crippen molar-refractivity contribution in [3.63, 3.8) is 0 Å². The molecule has 1 N–H and O–H groups in total. The molecular formula is C11H19ClN2O. The van der Waals surface area contributed by atoms with Crippen LogP contribution < -0.4 is 5.32 Å². The molecule has 3 nitrogen and oxygen atoms in total. The molecule has 0 spiro atoms. The number of halogens is 1. The second-order valence-corrected chi connectivity index (χ2v) is 4.24. The van der Waals surface area contributed by atoms with E-state index in [1.807, 2.05) is 11.0 Å². The van der Waals surface area contributed by atoms with Gasteiger partial charge in [0.1, 0.15) is 0 Å². The van der Waals surface area contributed by atoms with Gasteiger partial charge in [-0.05, 0) is 26.2 Å². The van der Waals surface area contributed by atoms with Crippen molar-refractivity contribution in [2.75, 3.05) is 19.6 Å². The van der Waals surface area contributed by atoms with Crippen molar-refractivity contribution in [3.05, 3.63) is 11.6 Å². The number of rotatable bonds is 1. The standard InChI is InChI=1S/C11H18N2O.ClH/c1-9-8-12-5-6-13(9)11(14)7-10-3-2-4-10;/h7,9,12H,2-6,8H2,1H3;1H/t9-;/m1./s1. The molecule has 4 heteroatoms. The van der Waals surface area contributed by atoms with Crippen molar-refractivity contribution < 1.29 is 4.79 Å². The maximum Gasteiger partial charge on any atom is 0.246 e. The third-order valence-electron chi connectivity index (χ3n) is 3.11. The Bertz CT molecular complexity index is 259.